The van der Waals surface area contributed by atoms with Crippen LogP contribution in [0.25, 0.3) is 0 Å². The fourth-order valence-corrected chi connectivity index (χ4v) is 1.87. The molecular formula is C12H24N2. The molecule has 0 bridgehead atoms. The van der Waals surface area contributed by atoms with Gasteiger partial charge in [0.05, 0.1) is 0 Å². The third kappa shape index (κ3) is 4.25. The van der Waals surface area contributed by atoms with Gasteiger partial charge in [-0.1, -0.05) is 31.4 Å². The van der Waals surface area contributed by atoms with Gasteiger partial charge < -0.3 is 5.73 Å². The Labute approximate surface area is 88.2 Å². The van der Waals surface area contributed by atoms with E-state index in [9.17, 15) is 0 Å². The Kier molecular flexibility index (Phi) is 5.20. The van der Waals surface area contributed by atoms with Crippen molar-refractivity contribution in [1.82, 2.24) is 4.90 Å². The van der Waals surface area contributed by atoms with Crippen molar-refractivity contribution in [2.45, 2.75) is 45.6 Å². The first-order chi connectivity index (χ1) is 6.72. The summed E-state index contributed by atoms with van der Waals surface area (Å²) >= 11 is 0. The average Bonchev–Trinajstić information content (AvgIpc) is 2.18. The lowest BCUT2D eigenvalue weighted by molar-refractivity contribution is 0.268. The zero-order chi connectivity index (χ0) is 10.4. The molecule has 0 aromatic carbocycles. The summed E-state index contributed by atoms with van der Waals surface area (Å²) in [5, 5.41) is 0. The number of nitrogens with two attached hydrogens (primary N) is 1. The predicted octanol–water partition coefficient (Wildman–Crippen LogP) is 2.16. The SMILES string of the molecule is CCCCC(N)CN1CC=C(C)CC1. The molecule has 0 saturated heterocycles. The number of rotatable bonds is 5. The molecule has 1 atom stereocenters. The molecule has 2 nitrogen and oxygen atoms in total. The Morgan fingerprint density at radius 3 is 2.93 bits per heavy atom. The summed E-state index contributed by atoms with van der Waals surface area (Å²) in [6.07, 6.45) is 7.25. The number of nitrogens with zero attached hydrogens (tertiary/aromatic N) is 1. The minimum atomic E-state index is 0.377. The molecular weight excluding hydrogens is 172 g/mol. The van der Waals surface area contributed by atoms with Crippen LogP contribution in [0.2, 0.25) is 0 Å². The van der Waals surface area contributed by atoms with Crippen molar-refractivity contribution < 1.29 is 0 Å². The molecule has 0 spiro atoms. The topological polar surface area (TPSA) is 29.3 Å². The molecule has 1 aliphatic heterocycles. The van der Waals surface area contributed by atoms with Gasteiger partial charge in [0, 0.05) is 25.7 Å². The van der Waals surface area contributed by atoms with E-state index in [2.05, 4.69) is 24.8 Å². The summed E-state index contributed by atoms with van der Waals surface area (Å²) in [6, 6.07) is 0.377. The number of hydrogen-bond acceptors (Lipinski definition) is 2. The Bertz CT molecular complexity index is 187. The highest BCUT2D eigenvalue weighted by atomic mass is 15.1. The van der Waals surface area contributed by atoms with E-state index in [1.54, 1.807) is 0 Å². The highest BCUT2D eigenvalue weighted by Gasteiger charge is 2.12. The Balaban J connectivity index is 2.18. The largest absolute Gasteiger partial charge is 0.327 e. The van der Waals surface area contributed by atoms with Crippen LogP contribution in [0.1, 0.15) is 39.5 Å². The number of hydrogen-bond donors (Lipinski definition) is 1. The van der Waals surface area contributed by atoms with Gasteiger partial charge in [-0.25, -0.2) is 0 Å². The Morgan fingerprint density at radius 2 is 2.36 bits per heavy atom. The smallest absolute Gasteiger partial charge is 0.0167 e. The minimum absolute atomic E-state index is 0.377. The summed E-state index contributed by atoms with van der Waals surface area (Å²) in [6.45, 7) is 7.81. The van der Waals surface area contributed by atoms with Crippen molar-refractivity contribution in [3.05, 3.63) is 11.6 Å². The summed E-state index contributed by atoms with van der Waals surface area (Å²) in [5.41, 5.74) is 7.59. The molecule has 0 aliphatic carbocycles. The standard InChI is InChI=1S/C12H24N2/c1-3-4-5-12(13)10-14-8-6-11(2)7-9-14/h6,12H,3-5,7-10,13H2,1-2H3. The summed E-state index contributed by atoms with van der Waals surface area (Å²) < 4.78 is 0. The van der Waals surface area contributed by atoms with Crippen LogP contribution in [-0.4, -0.2) is 30.6 Å². The van der Waals surface area contributed by atoms with Crippen molar-refractivity contribution in [3.8, 4) is 0 Å². The molecule has 1 rings (SSSR count). The first-order valence-corrected chi connectivity index (χ1v) is 5.86. The van der Waals surface area contributed by atoms with Gasteiger partial charge in [-0.3, -0.25) is 4.90 Å². The van der Waals surface area contributed by atoms with Crippen LogP contribution < -0.4 is 5.73 Å². The highest BCUT2D eigenvalue weighted by Crippen LogP contribution is 2.10. The second-order valence-corrected chi connectivity index (χ2v) is 4.46. The quantitative estimate of drug-likeness (QED) is 0.683. The summed E-state index contributed by atoms with van der Waals surface area (Å²) in [5.74, 6) is 0. The monoisotopic (exact) mass is 196 g/mol. The van der Waals surface area contributed by atoms with E-state index in [1.807, 2.05) is 0 Å². The van der Waals surface area contributed by atoms with E-state index in [-0.39, 0.29) is 0 Å². The first-order valence-electron chi connectivity index (χ1n) is 5.86. The molecule has 82 valence electrons. The van der Waals surface area contributed by atoms with Crippen LogP contribution in [0.5, 0.6) is 0 Å². The molecule has 1 aliphatic rings. The Morgan fingerprint density at radius 1 is 1.57 bits per heavy atom. The van der Waals surface area contributed by atoms with E-state index < -0.39 is 0 Å². The molecule has 14 heavy (non-hydrogen) atoms. The molecule has 1 unspecified atom stereocenters. The predicted molar refractivity (Wildman–Crippen MR) is 62.3 cm³/mol. The minimum Gasteiger partial charge on any atom is -0.327 e. The van der Waals surface area contributed by atoms with Crippen LogP contribution >= 0.6 is 0 Å². The maximum absolute atomic E-state index is 6.06. The normalized spacial score (nSPS) is 20.6. The van der Waals surface area contributed by atoms with Gasteiger partial charge >= 0.3 is 0 Å². The maximum atomic E-state index is 6.06. The molecule has 0 saturated carbocycles. The molecule has 2 N–H and O–H groups in total. The fraction of sp³-hybridized carbons (Fsp3) is 0.833. The van der Waals surface area contributed by atoms with E-state index in [0.717, 1.165) is 13.1 Å². The van der Waals surface area contributed by atoms with Crippen molar-refractivity contribution in [1.29, 1.82) is 0 Å². The molecule has 0 aromatic heterocycles. The van der Waals surface area contributed by atoms with Gasteiger partial charge in [-0.05, 0) is 19.8 Å². The van der Waals surface area contributed by atoms with Gasteiger partial charge in [-0.15, -0.1) is 0 Å². The van der Waals surface area contributed by atoms with Crippen molar-refractivity contribution in [3.63, 3.8) is 0 Å². The van der Waals surface area contributed by atoms with Gasteiger partial charge in [0.25, 0.3) is 0 Å². The van der Waals surface area contributed by atoms with E-state index in [0.29, 0.717) is 6.04 Å². The van der Waals surface area contributed by atoms with Crippen LogP contribution in [0, 0.1) is 0 Å². The van der Waals surface area contributed by atoms with E-state index >= 15 is 0 Å². The van der Waals surface area contributed by atoms with Crippen LogP contribution in [-0.2, 0) is 0 Å². The average molecular weight is 196 g/mol. The first kappa shape index (κ1) is 11.7. The molecule has 0 aromatic rings. The number of unbranched alkanes of at least 4 members (excludes halogenated alkanes) is 1. The zero-order valence-electron chi connectivity index (χ0n) is 9.63. The zero-order valence-corrected chi connectivity index (χ0v) is 9.63. The fourth-order valence-electron chi connectivity index (χ4n) is 1.87. The van der Waals surface area contributed by atoms with Gasteiger partial charge in [0.15, 0.2) is 0 Å². The lowest BCUT2D eigenvalue weighted by atomic mass is 10.1. The third-order valence-electron chi connectivity index (χ3n) is 2.94. The van der Waals surface area contributed by atoms with Gasteiger partial charge in [-0.2, -0.15) is 0 Å². The van der Waals surface area contributed by atoms with Crippen LogP contribution in [0.3, 0.4) is 0 Å². The third-order valence-corrected chi connectivity index (χ3v) is 2.94. The van der Waals surface area contributed by atoms with E-state index in [1.165, 1.54) is 37.8 Å². The van der Waals surface area contributed by atoms with E-state index in [4.69, 9.17) is 5.73 Å². The lowest BCUT2D eigenvalue weighted by Gasteiger charge is -2.27. The lowest BCUT2D eigenvalue weighted by Crippen LogP contribution is -2.39. The molecule has 0 radical (unpaired) electrons. The maximum Gasteiger partial charge on any atom is 0.0167 e. The van der Waals surface area contributed by atoms with Crippen molar-refractivity contribution >= 4 is 0 Å². The molecule has 2 heteroatoms. The Hall–Kier alpha value is -0.340. The molecule has 1 heterocycles. The molecule has 0 amide bonds. The van der Waals surface area contributed by atoms with Crippen molar-refractivity contribution in [2.24, 2.45) is 5.73 Å². The van der Waals surface area contributed by atoms with Crippen LogP contribution in [0.4, 0.5) is 0 Å². The second-order valence-electron chi connectivity index (χ2n) is 4.46. The van der Waals surface area contributed by atoms with Crippen molar-refractivity contribution in [2.75, 3.05) is 19.6 Å². The van der Waals surface area contributed by atoms with Gasteiger partial charge in [0.2, 0.25) is 0 Å². The van der Waals surface area contributed by atoms with Crippen LogP contribution in [0.15, 0.2) is 11.6 Å². The summed E-state index contributed by atoms with van der Waals surface area (Å²) in [4.78, 5) is 2.47. The second kappa shape index (κ2) is 6.20. The summed E-state index contributed by atoms with van der Waals surface area (Å²) in [7, 11) is 0. The van der Waals surface area contributed by atoms with Gasteiger partial charge in [0.1, 0.15) is 0 Å². The highest BCUT2D eigenvalue weighted by molar-refractivity contribution is 5.03. The molecule has 0 fully saturated rings.